The number of thiazole rings is 1. The molecule has 1 aromatic heterocycles. The molecule has 2 heterocycles. The number of nitrogens with one attached hydrogen (secondary N) is 2. The number of unbranched alkanes of at least 4 members (excludes halogenated alkanes) is 3. The fourth-order valence-electron chi connectivity index (χ4n) is 8.33. The van der Waals surface area contributed by atoms with Gasteiger partial charge in [0.25, 0.3) is 5.91 Å². The molecule has 0 spiro atoms. The second-order valence-electron chi connectivity index (χ2n) is 18.5. The summed E-state index contributed by atoms with van der Waals surface area (Å²) in [7, 11) is 0. The van der Waals surface area contributed by atoms with E-state index >= 15 is 4.79 Å². The number of rotatable bonds is 25. The summed E-state index contributed by atoms with van der Waals surface area (Å²) in [6, 6.07) is 5.91. The van der Waals surface area contributed by atoms with Gasteiger partial charge in [-0.05, 0) is 109 Å². The predicted molar refractivity (Wildman–Crippen MR) is 243 cm³/mol. The molecule has 7 atom stereocenters. The van der Waals surface area contributed by atoms with Crippen LogP contribution in [0.3, 0.4) is 0 Å². The van der Waals surface area contributed by atoms with Crippen LogP contribution in [0, 0.1) is 23.2 Å². The zero-order chi connectivity index (χ0) is 44.7. The molecule has 3 rings (SSSR count). The Kier molecular flexibility index (Phi) is 20.5. The number of hydrogen-bond donors (Lipinski definition) is 4. The van der Waals surface area contributed by atoms with Crippen molar-refractivity contribution in [3.8, 4) is 0 Å². The van der Waals surface area contributed by atoms with Gasteiger partial charge < -0.3 is 31.1 Å². The van der Waals surface area contributed by atoms with Crippen molar-refractivity contribution >= 4 is 40.7 Å². The molecule has 5 N–H and O–H groups in total. The monoisotopic (exact) mass is 855 g/mol. The van der Waals surface area contributed by atoms with Crippen LogP contribution >= 0.6 is 11.3 Å². The second-order valence-corrected chi connectivity index (χ2v) is 19.4. The first kappa shape index (κ1) is 50.8. The molecule has 1 aliphatic heterocycles. The van der Waals surface area contributed by atoms with Crippen LogP contribution in [0.15, 0.2) is 29.6 Å². The number of likely N-dealkylation sites (tertiary alicyclic amines) is 1. The molecule has 1 aliphatic rings. The van der Waals surface area contributed by atoms with Gasteiger partial charge in [-0.25, -0.2) is 4.98 Å². The molecule has 0 saturated carbocycles. The number of carbonyl (C=O) groups is 4. The van der Waals surface area contributed by atoms with Crippen LogP contribution in [0.1, 0.15) is 161 Å². The van der Waals surface area contributed by atoms with E-state index in [0.717, 1.165) is 57.1 Å². The lowest BCUT2D eigenvalue weighted by atomic mass is 9.84. The molecule has 2 aromatic rings. The fourth-order valence-corrected chi connectivity index (χ4v) is 9.19. The number of carboxylic acids is 1. The van der Waals surface area contributed by atoms with E-state index in [4.69, 9.17) is 15.5 Å². The standard InChI is InChI=1S/C47H78N6O6S/c1-12-15-16-17-23-53(45(56)41(33(9)13-2)51-43(55)39-25-32(8)22-24-52(39)31(6)7)38(30(4)5)27-40(59-14-3)44-50-37(29-60-44)42(54)49-36(28-47(10,11)46(57)58)26-34-18-20-35(48)21-19-34/h18-21,29-33,36,38-41H,12-17,22-28,48H2,1-11H3,(H,49,54)(H,51,55)(H,57,58)/t32-,33+,36+,38-,39-,40-,41+/m1/s1. The molecular formula is C47H78N6O6S. The lowest BCUT2D eigenvalue weighted by Crippen LogP contribution is -2.60. The number of aromatic nitrogens is 1. The van der Waals surface area contributed by atoms with Crippen molar-refractivity contribution < 1.29 is 29.0 Å². The number of aliphatic carboxylic acids is 1. The third-order valence-electron chi connectivity index (χ3n) is 12.3. The number of piperidine rings is 1. The van der Waals surface area contributed by atoms with Gasteiger partial charge in [-0.1, -0.05) is 79.4 Å². The molecule has 0 radical (unpaired) electrons. The summed E-state index contributed by atoms with van der Waals surface area (Å²) in [6.07, 6.45) is 7.17. The maximum atomic E-state index is 15.1. The van der Waals surface area contributed by atoms with Crippen molar-refractivity contribution in [3.05, 3.63) is 45.9 Å². The van der Waals surface area contributed by atoms with Crippen LogP contribution in [0.2, 0.25) is 0 Å². The normalized spacial score (nSPS) is 18.8. The van der Waals surface area contributed by atoms with Crippen LogP contribution in [0.25, 0.3) is 0 Å². The second kappa shape index (κ2) is 24.2. The zero-order valence-electron chi connectivity index (χ0n) is 38.6. The number of benzene rings is 1. The number of nitrogen functional groups attached to an aromatic ring is 1. The van der Waals surface area contributed by atoms with E-state index in [1.807, 2.05) is 24.0 Å². The number of anilines is 1. The van der Waals surface area contributed by atoms with Crippen molar-refractivity contribution in [3.63, 3.8) is 0 Å². The van der Waals surface area contributed by atoms with Crippen molar-refractivity contribution in [1.29, 1.82) is 0 Å². The third-order valence-corrected chi connectivity index (χ3v) is 13.3. The maximum Gasteiger partial charge on any atom is 0.309 e. The Morgan fingerprint density at radius 1 is 1.03 bits per heavy atom. The molecular weight excluding hydrogens is 777 g/mol. The number of ether oxygens (including phenoxy) is 1. The summed E-state index contributed by atoms with van der Waals surface area (Å²) in [5, 5.41) is 18.7. The molecule has 1 aromatic carbocycles. The van der Waals surface area contributed by atoms with Crippen LogP contribution < -0.4 is 16.4 Å². The first-order valence-electron chi connectivity index (χ1n) is 22.6. The summed E-state index contributed by atoms with van der Waals surface area (Å²) in [5.74, 6) is -1.04. The molecule has 13 heteroatoms. The molecule has 0 bridgehead atoms. The van der Waals surface area contributed by atoms with E-state index in [-0.39, 0.29) is 53.9 Å². The number of nitrogens with zero attached hydrogens (tertiary/aromatic N) is 3. The Hall–Kier alpha value is -3.55. The van der Waals surface area contributed by atoms with Crippen LogP contribution in [0.5, 0.6) is 0 Å². The minimum atomic E-state index is -1.08. The van der Waals surface area contributed by atoms with E-state index in [1.165, 1.54) is 11.3 Å². The molecule has 338 valence electrons. The van der Waals surface area contributed by atoms with Crippen molar-refractivity contribution in [2.75, 3.05) is 25.4 Å². The van der Waals surface area contributed by atoms with Gasteiger partial charge in [0.15, 0.2) is 0 Å². The number of carboxylic acid groups (broad SMARTS) is 1. The Balaban J connectivity index is 1.93. The molecule has 0 aliphatic carbocycles. The first-order valence-corrected chi connectivity index (χ1v) is 23.5. The highest BCUT2D eigenvalue weighted by molar-refractivity contribution is 7.09. The quantitative estimate of drug-likeness (QED) is 0.0566. The van der Waals surface area contributed by atoms with Gasteiger partial charge in [-0.15, -0.1) is 11.3 Å². The lowest BCUT2D eigenvalue weighted by molar-refractivity contribution is -0.147. The summed E-state index contributed by atoms with van der Waals surface area (Å²) in [4.78, 5) is 64.3. The largest absolute Gasteiger partial charge is 0.481 e. The van der Waals surface area contributed by atoms with E-state index in [0.29, 0.717) is 42.6 Å². The maximum absolute atomic E-state index is 15.1. The van der Waals surface area contributed by atoms with Gasteiger partial charge >= 0.3 is 5.97 Å². The smallest absolute Gasteiger partial charge is 0.309 e. The Labute approximate surface area is 365 Å². The third kappa shape index (κ3) is 14.8. The number of nitrogens with two attached hydrogens (primary N) is 1. The summed E-state index contributed by atoms with van der Waals surface area (Å²) < 4.78 is 6.38. The SMILES string of the molecule is CCCCCCN(C(=O)[C@@H](NC(=O)[C@H]1C[C@H](C)CCN1C(C)C)[C@@H](C)CC)[C@H](C[C@@H](OCC)c1nc(C(=O)N[C@@H](Cc2ccc(N)cc2)CC(C)(C)C(=O)O)cs1)C(C)C. The lowest BCUT2D eigenvalue weighted by Gasteiger charge is -2.42. The predicted octanol–water partition coefficient (Wildman–Crippen LogP) is 8.51. The highest BCUT2D eigenvalue weighted by Gasteiger charge is 2.40. The summed E-state index contributed by atoms with van der Waals surface area (Å²) in [5.41, 5.74) is 6.61. The number of amides is 3. The highest BCUT2D eigenvalue weighted by atomic mass is 32.1. The zero-order valence-corrected chi connectivity index (χ0v) is 39.4. The van der Waals surface area contributed by atoms with Crippen molar-refractivity contribution in [2.24, 2.45) is 23.2 Å². The number of carbonyl (C=O) groups excluding carboxylic acids is 3. The topological polar surface area (TPSA) is 167 Å². The molecule has 0 unspecified atom stereocenters. The van der Waals surface area contributed by atoms with Crippen LogP contribution in [0.4, 0.5) is 5.69 Å². The minimum Gasteiger partial charge on any atom is -0.481 e. The van der Waals surface area contributed by atoms with Gasteiger partial charge in [0, 0.05) is 48.8 Å². The summed E-state index contributed by atoms with van der Waals surface area (Å²) >= 11 is 1.35. The van der Waals surface area contributed by atoms with Gasteiger partial charge in [-0.2, -0.15) is 0 Å². The first-order chi connectivity index (χ1) is 28.3. The van der Waals surface area contributed by atoms with E-state index < -0.39 is 35.5 Å². The van der Waals surface area contributed by atoms with Crippen molar-refractivity contribution in [2.45, 2.75) is 177 Å². The Morgan fingerprint density at radius 3 is 2.30 bits per heavy atom. The molecule has 60 heavy (non-hydrogen) atoms. The average Bonchev–Trinajstić information content (AvgIpc) is 3.69. The summed E-state index contributed by atoms with van der Waals surface area (Å²) in [6.45, 7) is 24.1. The van der Waals surface area contributed by atoms with E-state index in [2.05, 4.69) is 70.9 Å². The minimum absolute atomic E-state index is 0.0567. The van der Waals surface area contributed by atoms with Gasteiger partial charge in [0.1, 0.15) is 22.8 Å². The van der Waals surface area contributed by atoms with Gasteiger partial charge in [-0.3, -0.25) is 24.1 Å². The molecule has 1 saturated heterocycles. The fraction of sp³-hybridized carbons (Fsp3) is 0.723. The van der Waals surface area contributed by atoms with E-state index in [1.54, 1.807) is 31.4 Å². The van der Waals surface area contributed by atoms with Crippen molar-refractivity contribution in [1.82, 2.24) is 25.4 Å². The van der Waals surface area contributed by atoms with Crippen LogP contribution in [-0.2, 0) is 25.5 Å². The Bertz CT molecular complexity index is 1650. The Morgan fingerprint density at radius 2 is 1.72 bits per heavy atom. The number of hydrogen-bond acceptors (Lipinski definition) is 9. The van der Waals surface area contributed by atoms with Gasteiger partial charge in [0.05, 0.1) is 11.5 Å². The highest BCUT2D eigenvalue weighted by Crippen LogP contribution is 2.33. The van der Waals surface area contributed by atoms with E-state index in [9.17, 15) is 19.5 Å². The average molecular weight is 855 g/mol. The van der Waals surface area contributed by atoms with Gasteiger partial charge in [0.2, 0.25) is 11.8 Å². The molecule has 3 amide bonds. The van der Waals surface area contributed by atoms with Crippen LogP contribution in [-0.4, -0.2) is 93.5 Å². The molecule has 12 nitrogen and oxygen atoms in total. The molecule has 1 fully saturated rings.